The lowest BCUT2D eigenvalue weighted by molar-refractivity contribution is 0.0698. The van der Waals surface area contributed by atoms with Crippen molar-refractivity contribution in [2.75, 3.05) is 5.73 Å². The van der Waals surface area contributed by atoms with Gasteiger partial charge >= 0.3 is 5.97 Å². The minimum Gasteiger partial charge on any atom is -0.543 e. The van der Waals surface area contributed by atoms with Crippen LogP contribution in [0.3, 0.4) is 0 Å². The first-order valence-electron chi connectivity index (χ1n) is 7.44. The summed E-state index contributed by atoms with van der Waals surface area (Å²) in [6, 6.07) is 4.88. The van der Waals surface area contributed by atoms with Gasteiger partial charge in [0.1, 0.15) is 5.75 Å². The number of nitrogen functional groups attached to an aromatic ring is 1. The molecule has 1 aromatic carbocycles. The standard InChI is InChI=1S/C16H27NO3Si/c1-10(2)21(11(3)4,12(5)6)20-13-7-8-14(16(18)19)15(17)9-13/h7-12H,17H2,1-6H3,(H,18,19). The Labute approximate surface area is 128 Å². The zero-order chi connectivity index (χ0) is 16.4. The number of hydrogen-bond acceptors (Lipinski definition) is 3. The summed E-state index contributed by atoms with van der Waals surface area (Å²) >= 11 is 0. The quantitative estimate of drug-likeness (QED) is 0.598. The van der Waals surface area contributed by atoms with Gasteiger partial charge in [-0.3, -0.25) is 0 Å². The van der Waals surface area contributed by atoms with Gasteiger partial charge in [-0.2, -0.15) is 0 Å². The van der Waals surface area contributed by atoms with Crippen molar-refractivity contribution < 1.29 is 14.3 Å². The van der Waals surface area contributed by atoms with Crippen LogP contribution in [0.4, 0.5) is 5.69 Å². The molecule has 1 aromatic rings. The van der Waals surface area contributed by atoms with Crippen molar-refractivity contribution in [1.82, 2.24) is 0 Å². The topological polar surface area (TPSA) is 72.5 Å². The van der Waals surface area contributed by atoms with Gasteiger partial charge in [0, 0.05) is 11.8 Å². The molecule has 0 saturated carbocycles. The molecule has 0 fully saturated rings. The summed E-state index contributed by atoms with van der Waals surface area (Å²) in [5.74, 6) is -0.334. The van der Waals surface area contributed by atoms with Crippen LogP contribution in [-0.4, -0.2) is 19.4 Å². The first kappa shape index (κ1) is 17.6. The number of nitrogens with two attached hydrogens (primary N) is 1. The van der Waals surface area contributed by atoms with Crippen LogP contribution in [0.25, 0.3) is 0 Å². The molecule has 1 rings (SSSR count). The van der Waals surface area contributed by atoms with Crippen LogP contribution < -0.4 is 10.2 Å². The van der Waals surface area contributed by atoms with Crippen LogP contribution in [0.1, 0.15) is 51.9 Å². The predicted molar refractivity (Wildman–Crippen MR) is 89.5 cm³/mol. The molecule has 21 heavy (non-hydrogen) atoms. The molecule has 0 aromatic heterocycles. The van der Waals surface area contributed by atoms with E-state index < -0.39 is 14.3 Å². The van der Waals surface area contributed by atoms with E-state index in [1.54, 1.807) is 12.1 Å². The first-order chi connectivity index (χ1) is 9.62. The van der Waals surface area contributed by atoms with Crippen LogP contribution in [0.15, 0.2) is 18.2 Å². The van der Waals surface area contributed by atoms with Crippen molar-refractivity contribution in [3.63, 3.8) is 0 Å². The van der Waals surface area contributed by atoms with E-state index in [1.165, 1.54) is 6.07 Å². The van der Waals surface area contributed by atoms with E-state index in [2.05, 4.69) is 41.5 Å². The van der Waals surface area contributed by atoms with Gasteiger partial charge in [0.25, 0.3) is 8.32 Å². The molecule has 0 saturated heterocycles. The number of aromatic carboxylic acids is 1. The minimum absolute atomic E-state index is 0.119. The number of rotatable bonds is 6. The second-order valence-corrected chi connectivity index (χ2v) is 11.8. The number of benzene rings is 1. The van der Waals surface area contributed by atoms with E-state index in [0.29, 0.717) is 22.4 Å². The summed E-state index contributed by atoms with van der Waals surface area (Å²) in [4.78, 5) is 11.0. The number of hydrogen-bond donors (Lipinski definition) is 2. The van der Waals surface area contributed by atoms with Crippen molar-refractivity contribution in [3.8, 4) is 5.75 Å². The van der Waals surface area contributed by atoms with E-state index in [4.69, 9.17) is 15.3 Å². The highest BCUT2D eigenvalue weighted by Gasteiger charge is 2.47. The second kappa shape index (κ2) is 6.51. The molecule has 0 radical (unpaired) electrons. The van der Waals surface area contributed by atoms with Gasteiger partial charge < -0.3 is 15.3 Å². The Bertz CT molecular complexity index is 490. The Balaban J connectivity index is 3.22. The van der Waals surface area contributed by atoms with Gasteiger partial charge in [0.2, 0.25) is 0 Å². The van der Waals surface area contributed by atoms with E-state index in [0.717, 1.165) is 0 Å². The third-order valence-electron chi connectivity index (χ3n) is 4.26. The summed E-state index contributed by atoms with van der Waals surface area (Å²) < 4.78 is 6.47. The summed E-state index contributed by atoms with van der Waals surface area (Å²) in [6.45, 7) is 13.3. The average Bonchev–Trinajstić information content (AvgIpc) is 2.34. The zero-order valence-electron chi connectivity index (χ0n) is 13.8. The van der Waals surface area contributed by atoms with Crippen molar-refractivity contribution >= 4 is 20.0 Å². The monoisotopic (exact) mass is 309 g/mol. The molecule has 0 bridgehead atoms. The number of carboxylic acids is 1. The van der Waals surface area contributed by atoms with Crippen molar-refractivity contribution in [1.29, 1.82) is 0 Å². The molecule has 0 aliphatic rings. The van der Waals surface area contributed by atoms with Gasteiger partial charge in [0.05, 0.1) is 5.56 Å². The lowest BCUT2D eigenvalue weighted by atomic mass is 10.2. The molecule has 5 heteroatoms. The third kappa shape index (κ3) is 3.40. The minimum atomic E-state index is -2.04. The number of carbonyl (C=O) groups is 1. The molecule has 0 spiro atoms. The Morgan fingerprint density at radius 2 is 1.57 bits per heavy atom. The van der Waals surface area contributed by atoms with E-state index in [1.807, 2.05) is 0 Å². The molecule has 0 unspecified atom stereocenters. The van der Waals surface area contributed by atoms with Crippen LogP contribution in [0.5, 0.6) is 5.75 Å². The third-order valence-corrected chi connectivity index (χ3v) is 10.3. The summed E-state index contributed by atoms with van der Waals surface area (Å²) in [5.41, 5.74) is 7.56. The Morgan fingerprint density at radius 1 is 1.10 bits per heavy atom. The van der Waals surface area contributed by atoms with Gasteiger partial charge in [-0.1, -0.05) is 41.5 Å². The molecule has 0 aliphatic carbocycles. The zero-order valence-corrected chi connectivity index (χ0v) is 14.8. The molecule has 118 valence electrons. The van der Waals surface area contributed by atoms with Gasteiger partial charge in [-0.15, -0.1) is 0 Å². The van der Waals surface area contributed by atoms with Crippen LogP contribution in [0.2, 0.25) is 16.6 Å². The molecule has 0 aliphatic heterocycles. The fraction of sp³-hybridized carbons (Fsp3) is 0.562. The SMILES string of the molecule is CC(C)[Si](Oc1ccc(C(=O)O)c(N)c1)(C(C)C)C(C)C. The summed E-state index contributed by atoms with van der Waals surface area (Å²) in [7, 11) is -2.04. The smallest absolute Gasteiger partial charge is 0.337 e. The van der Waals surface area contributed by atoms with Gasteiger partial charge in [-0.05, 0) is 28.8 Å². The summed E-state index contributed by atoms with van der Waals surface area (Å²) in [5, 5.41) is 9.04. The molecule has 0 amide bonds. The molecule has 0 heterocycles. The predicted octanol–water partition coefficient (Wildman–Crippen LogP) is 4.52. The van der Waals surface area contributed by atoms with Gasteiger partial charge in [0.15, 0.2) is 0 Å². The fourth-order valence-corrected chi connectivity index (χ4v) is 8.60. The second-order valence-electron chi connectivity index (χ2n) is 6.47. The molecule has 3 N–H and O–H groups in total. The fourth-order valence-electron chi connectivity index (χ4n) is 3.36. The molecule has 4 nitrogen and oxygen atoms in total. The molecular weight excluding hydrogens is 282 g/mol. The number of carboxylic acid groups (broad SMARTS) is 1. The maximum atomic E-state index is 11.0. The maximum absolute atomic E-state index is 11.0. The first-order valence-corrected chi connectivity index (χ1v) is 9.58. The molecular formula is C16H27NO3Si. The molecule has 0 atom stereocenters. The Hall–Kier alpha value is -1.49. The average molecular weight is 309 g/mol. The Kier molecular flexibility index (Phi) is 5.45. The lowest BCUT2D eigenvalue weighted by Crippen LogP contribution is -2.50. The Morgan fingerprint density at radius 3 is 1.90 bits per heavy atom. The van der Waals surface area contributed by atoms with Crippen molar-refractivity contribution in [3.05, 3.63) is 23.8 Å². The van der Waals surface area contributed by atoms with Crippen molar-refractivity contribution in [2.45, 2.75) is 58.2 Å². The van der Waals surface area contributed by atoms with Crippen LogP contribution in [-0.2, 0) is 0 Å². The highest BCUT2D eigenvalue weighted by molar-refractivity contribution is 6.78. The van der Waals surface area contributed by atoms with Crippen LogP contribution in [0, 0.1) is 0 Å². The van der Waals surface area contributed by atoms with E-state index >= 15 is 0 Å². The maximum Gasteiger partial charge on any atom is 0.337 e. The largest absolute Gasteiger partial charge is 0.543 e. The van der Waals surface area contributed by atoms with Crippen LogP contribution >= 0.6 is 0 Å². The van der Waals surface area contributed by atoms with Crippen molar-refractivity contribution in [2.24, 2.45) is 0 Å². The highest BCUT2D eigenvalue weighted by Crippen LogP contribution is 2.43. The lowest BCUT2D eigenvalue weighted by Gasteiger charge is -2.42. The normalized spacial score (nSPS) is 12.2. The summed E-state index contributed by atoms with van der Waals surface area (Å²) in [6.07, 6.45) is 0. The highest BCUT2D eigenvalue weighted by atomic mass is 28.4. The van der Waals surface area contributed by atoms with E-state index in [9.17, 15) is 4.79 Å². The van der Waals surface area contributed by atoms with E-state index in [-0.39, 0.29) is 11.3 Å². The van der Waals surface area contributed by atoms with Gasteiger partial charge in [-0.25, -0.2) is 4.79 Å². The number of anilines is 1.